The zero-order valence-corrected chi connectivity index (χ0v) is 16.7. The molecule has 0 unspecified atom stereocenters. The second kappa shape index (κ2) is 8.05. The maximum Gasteiger partial charge on any atom is 0.281 e. The SMILES string of the molecule is CCNc1ccc2nn(-c3ccc(=O)n(C)c3)c(=O)c(-c3ccc(C(F)F)nc3)c2n1. The molecule has 0 saturated heterocycles. The van der Waals surface area contributed by atoms with Gasteiger partial charge < -0.3 is 9.88 Å². The number of nitrogens with zero attached hydrogens (tertiary/aromatic N) is 5. The van der Waals surface area contributed by atoms with Crippen LogP contribution in [0.4, 0.5) is 14.6 Å². The molecule has 10 heteroatoms. The summed E-state index contributed by atoms with van der Waals surface area (Å²) < 4.78 is 28.4. The molecule has 0 amide bonds. The lowest BCUT2D eigenvalue weighted by Crippen LogP contribution is -2.26. The summed E-state index contributed by atoms with van der Waals surface area (Å²) in [5.74, 6) is 0.550. The average molecular weight is 424 g/mol. The molecule has 0 aliphatic heterocycles. The van der Waals surface area contributed by atoms with Crippen molar-refractivity contribution in [1.82, 2.24) is 24.3 Å². The van der Waals surface area contributed by atoms with Gasteiger partial charge in [-0.2, -0.15) is 9.78 Å². The first-order valence-electron chi connectivity index (χ1n) is 9.48. The van der Waals surface area contributed by atoms with Crippen molar-refractivity contribution in [2.24, 2.45) is 7.05 Å². The van der Waals surface area contributed by atoms with E-state index < -0.39 is 12.0 Å². The quantitative estimate of drug-likeness (QED) is 0.529. The number of rotatable bonds is 5. The predicted molar refractivity (Wildman–Crippen MR) is 113 cm³/mol. The first-order chi connectivity index (χ1) is 14.9. The molecule has 4 aromatic heterocycles. The summed E-state index contributed by atoms with van der Waals surface area (Å²) in [4.78, 5) is 33.5. The molecule has 0 spiro atoms. The smallest absolute Gasteiger partial charge is 0.281 e. The summed E-state index contributed by atoms with van der Waals surface area (Å²) >= 11 is 0. The first-order valence-corrected chi connectivity index (χ1v) is 9.48. The molecule has 4 rings (SSSR count). The molecule has 4 aromatic rings. The fourth-order valence-corrected chi connectivity index (χ4v) is 3.18. The molecule has 8 nitrogen and oxygen atoms in total. The molecule has 31 heavy (non-hydrogen) atoms. The van der Waals surface area contributed by atoms with E-state index in [1.807, 2.05) is 6.92 Å². The van der Waals surface area contributed by atoms with Crippen molar-refractivity contribution in [3.63, 3.8) is 0 Å². The van der Waals surface area contributed by atoms with Crippen molar-refractivity contribution < 1.29 is 8.78 Å². The van der Waals surface area contributed by atoms with Crippen LogP contribution < -0.4 is 16.4 Å². The lowest BCUT2D eigenvalue weighted by Gasteiger charge is -2.12. The second-order valence-electron chi connectivity index (χ2n) is 6.80. The van der Waals surface area contributed by atoms with E-state index in [0.29, 0.717) is 34.6 Å². The fourth-order valence-electron chi connectivity index (χ4n) is 3.18. The van der Waals surface area contributed by atoms with E-state index >= 15 is 0 Å². The number of hydrogen-bond donors (Lipinski definition) is 1. The Bertz CT molecular complexity index is 1380. The Labute approximate surface area is 174 Å². The molecule has 4 heterocycles. The fraction of sp³-hybridized carbons (Fsp3) is 0.190. The van der Waals surface area contributed by atoms with E-state index in [4.69, 9.17) is 0 Å². The van der Waals surface area contributed by atoms with Crippen LogP contribution in [-0.2, 0) is 7.05 Å². The van der Waals surface area contributed by atoms with Gasteiger partial charge in [-0.05, 0) is 31.2 Å². The number of aryl methyl sites for hydroxylation is 1. The third kappa shape index (κ3) is 3.79. The Balaban J connectivity index is 2.02. The molecule has 0 fully saturated rings. The highest BCUT2D eigenvalue weighted by Crippen LogP contribution is 2.26. The Morgan fingerprint density at radius 1 is 1.10 bits per heavy atom. The maximum absolute atomic E-state index is 13.4. The van der Waals surface area contributed by atoms with Crippen LogP contribution in [-0.4, -0.2) is 30.9 Å². The van der Waals surface area contributed by atoms with Crippen LogP contribution >= 0.6 is 0 Å². The first kappa shape index (κ1) is 20.3. The van der Waals surface area contributed by atoms with Crippen LogP contribution in [0.1, 0.15) is 19.0 Å². The molecular formula is C21H18F2N6O2. The molecule has 0 atom stereocenters. The highest BCUT2D eigenvalue weighted by Gasteiger charge is 2.18. The molecule has 1 N–H and O–H groups in total. The third-order valence-corrected chi connectivity index (χ3v) is 4.70. The highest BCUT2D eigenvalue weighted by molar-refractivity contribution is 5.91. The number of nitrogens with one attached hydrogen (secondary N) is 1. The molecule has 0 aliphatic rings. The van der Waals surface area contributed by atoms with Gasteiger partial charge in [-0.15, -0.1) is 0 Å². The minimum atomic E-state index is -2.72. The van der Waals surface area contributed by atoms with Gasteiger partial charge in [0.1, 0.15) is 22.5 Å². The Morgan fingerprint density at radius 3 is 2.55 bits per heavy atom. The van der Waals surface area contributed by atoms with Crippen LogP contribution in [0, 0.1) is 0 Å². The Hall–Kier alpha value is -3.95. The van der Waals surface area contributed by atoms with Crippen molar-refractivity contribution in [2.45, 2.75) is 13.3 Å². The van der Waals surface area contributed by atoms with Crippen LogP contribution in [0.2, 0.25) is 0 Å². The van der Waals surface area contributed by atoms with Crippen molar-refractivity contribution in [3.05, 3.63) is 75.2 Å². The van der Waals surface area contributed by atoms with Crippen LogP contribution in [0.5, 0.6) is 0 Å². The van der Waals surface area contributed by atoms with E-state index in [0.717, 1.165) is 4.68 Å². The predicted octanol–water partition coefficient (Wildman–Crippen LogP) is 2.91. The maximum atomic E-state index is 13.4. The number of fused-ring (bicyclic) bond motifs is 1. The van der Waals surface area contributed by atoms with Gasteiger partial charge in [-0.1, -0.05) is 6.07 Å². The van der Waals surface area contributed by atoms with Gasteiger partial charge >= 0.3 is 0 Å². The zero-order chi connectivity index (χ0) is 22.1. The molecule has 0 radical (unpaired) electrons. The largest absolute Gasteiger partial charge is 0.370 e. The van der Waals surface area contributed by atoms with E-state index in [-0.39, 0.29) is 16.8 Å². The van der Waals surface area contributed by atoms with Crippen molar-refractivity contribution in [3.8, 4) is 16.8 Å². The molecular weight excluding hydrogens is 406 g/mol. The minimum Gasteiger partial charge on any atom is -0.370 e. The number of anilines is 1. The lowest BCUT2D eigenvalue weighted by molar-refractivity contribution is 0.146. The molecule has 0 saturated carbocycles. The number of alkyl halides is 2. The summed E-state index contributed by atoms with van der Waals surface area (Å²) in [6.45, 7) is 2.54. The molecule has 0 aromatic carbocycles. The van der Waals surface area contributed by atoms with E-state index in [9.17, 15) is 18.4 Å². The molecule has 0 aliphatic carbocycles. The summed E-state index contributed by atoms with van der Waals surface area (Å²) in [5, 5.41) is 7.49. The average Bonchev–Trinajstić information content (AvgIpc) is 2.76. The Kier molecular flexibility index (Phi) is 5.28. The van der Waals surface area contributed by atoms with Crippen LogP contribution in [0.25, 0.3) is 27.8 Å². The van der Waals surface area contributed by atoms with E-state index in [1.54, 1.807) is 19.2 Å². The highest BCUT2D eigenvalue weighted by atomic mass is 19.3. The van der Waals surface area contributed by atoms with Gasteiger partial charge in [0.25, 0.3) is 12.0 Å². The van der Waals surface area contributed by atoms with Crippen molar-refractivity contribution in [1.29, 1.82) is 0 Å². The van der Waals surface area contributed by atoms with Gasteiger partial charge in [-0.3, -0.25) is 14.6 Å². The summed E-state index contributed by atoms with van der Waals surface area (Å²) in [7, 11) is 1.57. The minimum absolute atomic E-state index is 0.173. The summed E-state index contributed by atoms with van der Waals surface area (Å²) in [6, 6.07) is 8.86. The van der Waals surface area contributed by atoms with Crippen molar-refractivity contribution >= 4 is 16.9 Å². The van der Waals surface area contributed by atoms with Gasteiger partial charge in [0, 0.05) is 37.6 Å². The molecule has 158 valence electrons. The number of aromatic nitrogens is 5. The second-order valence-corrected chi connectivity index (χ2v) is 6.80. The van der Waals surface area contributed by atoms with E-state index in [2.05, 4.69) is 20.4 Å². The molecule has 0 bridgehead atoms. The standard InChI is InChI=1S/C21H18F2N6O2/c1-3-24-16-8-7-14-19(26-16)18(12-4-6-15(20(22)23)25-10-12)21(31)29(27-14)13-5-9-17(30)28(2)11-13/h4-11,20H,3H2,1-2H3,(H,24,26). The Morgan fingerprint density at radius 2 is 1.90 bits per heavy atom. The summed E-state index contributed by atoms with van der Waals surface area (Å²) in [6.07, 6.45) is -0.000999. The lowest BCUT2D eigenvalue weighted by atomic mass is 10.1. The van der Waals surface area contributed by atoms with E-state index in [1.165, 1.54) is 41.2 Å². The number of pyridine rings is 3. The monoisotopic (exact) mass is 424 g/mol. The number of halogens is 2. The topological polar surface area (TPSA) is 94.7 Å². The van der Waals surface area contributed by atoms with Crippen LogP contribution in [0.3, 0.4) is 0 Å². The zero-order valence-electron chi connectivity index (χ0n) is 16.7. The van der Waals surface area contributed by atoms with Gasteiger partial charge in [0.2, 0.25) is 5.56 Å². The van der Waals surface area contributed by atoms with Gasteiger partial charge in [0.15, 0.2) is 0 Å². The normalized spacial score (nSPS) is 11.3. The summed E-state index contributed by atoms with van der Waals surface area (Å²) in [5.41, 5.74) is 0.484. The van der Waals surface area contributed by atoms with Gasteiger partial charge in [-0.25, -0.2) is 13.8 Å². The van der Waals surface area contributed by atoms with Crippen LogP contribution in [0.15, 0.2) is 58.4 Å². The van der Waals surface area contributed by atoms with Gasteiger partial charge in [0.05, 0.1) is 11.3 Å². The van der Waals surface area contributed by atoms with Crippen molar-refractivity contribution in [2.75, 3.05) is 11.9 Å². The number of hydrogen-bond acceptors (Lipinski definition) is 6. The third-order valence-electron chi connectivity index (χ3n) is 4.70.